The number of anilines is 2. The van der Waals surface area contributed by atoms with Gasteiger partial charge in [-0.3, -0.25) is 9.69 Å². The fourth-order valence-electron chi connectivity index (χ4n) is 4.09. The lowest BCUT2D eigenvalue weighted by atomic mass is 9.89. The highest BCUT2D eigenvalue weighted by atomic mass is 32.2. The molecule has 1 amide bonds. The summed E-state index contributed by atoms with van der Waals surface area (Å²) in [6.07, 6.45) is 6.20. The number of amides is 1. The quantitative estimate of drug-likeness (QED) is 0.479. The predicted octanol–water partition coefficient (Wildman–Crippen LogP) is 5.71. The van der Waals surface area contributed by atoms with Crippen LogP contribution in [0.2, 0.25) is 0 Å². The zero-order chi connectivity index (χ0) is 20.9. The lowest BCUT2D eigenvalue weighted by Crippen LogP contribution is -2.33. The fraction of sp³-hybridized carbons (Fsp3) is 0.375. The second kappa shape index (κ2) is 9.47. The monoisotopic (exact) mass is 420 g/mol. The van der Waals surface area contributed by atoms with Gasteiger partial charge in [-0.15, -0.1) is 10.2 Å². The van der Waals surface area contributed by atoms with Gasteiger partial charge in [-0.1, -0.05) is 67.4 Å². The van der Waals surface area contributed by atoms with Crippen LogP contribution in [0, 0.1) is 0 Å². The van der Waals surface area contributed by atoms with Crippen molar-refractivity contribution in [2.45, 2.75) is 55.4 Å². The van der Waals surface area contributed by atoms with E-state index in [4.69, 9.17) is 0 Å². The Morgan fingerprint density at radius 2 is 1.53 bits per heavy atom. The van der Waals surface area contributed by atoms with Crippen LogP contribution in [0.3, 0.4) is 0 Å². The third-order valence-electron chi connectivity index (χ3n) is 5.72. The maximum atomic E-state index is 13.5. The minimum absolute atomic E-state index is 0.0274. The molecule has 1 atom stereocenters. The van der Waals surface area contributed by atoms with Crippen LogP contribution >= 0.6 is 11.8 Å². The Kier molecular flexibility index (Phi) is 6.53. The first-order valence-electron chi connectivity index (χ1n) is 10.6. The number of thioether (sulfide) groups is 1. The first-order valence-corrected chi connectivity index (χ1v) is 11.5. The van der Waals surface area contributed by atoms with Gasteiger partial charge in [0, 0.05) is 24.3 Å². The van der Waals surface area contributed by atoms with Gasteiger partial charge in [-0.25, -0.2) is 0 Å². The van der Waals surface area contributed by atoms with E-state index in [1.807, 2.05) is 74.6 Å². The molecule has 1 fully saturated rings. The zero-order valence-electron chi connectivity index (χ0n) is 17.6. The van der Waals surface area contributed by atoms with Crippen molar-refractivity contribution in [2.75, 3.05) is 4.90 Å². The molecule has 1 aliphatic rings. The van der Waals surface area contributed by atoms with Crippen LogP contribution in [0.5, 0.6) is 0 Å². The van der Waals surface area contributed by atoms with Gasteiger partial charge in [0.2, 0.25) is 5.91 Å². The Bertz CT molecular complexity index is 928. The normalized spacial score (nSPS) is 15.7. The molecule has 1 aromatic heterocycles. The molecule has 5 nitrogen and oxygen atoms in total. The summed E-state index contributed by atoms with van der Waals surface area (Å²) in [7, 11) is 2.02. The molecule has 2 aromatic carbocycles. The molecular weight excluding hydrogens is 392 g/mol. The molecule has 0 bridgehead atoms. The van der Waals surface area contributed by atoms with Gasteiger partial charge in [-0.05, 0) is 44.0 Å². The van der Waals surface area contributed by atoms with E-state index in [-0.39, 0.29) is 11.2 Å². The van der Waals surface area contributed by atoms with Crippen LogP contribution in [-0.4, -0.2) is 25.9 Å². The van der Waals surface area contributed by atoms with Crippen LogP contribution in [0.15, 0.2) is 65.8 Å². The molecule has 0 unspecified atom stereocenters. The molecule has 0 spiro atoms. The number of rotatable bonds is 6. The highest BCUT2D eigenvalue weighted by molar-refractivity contribution is 8.00. The van der Waals surface area contributed by atoms with Gasteiger partial charge < -0.3 is 4.57 Å². The number of para-hydroxylation sites is 2. The van der Waals surface area contributed by atoms with E-state index in [9.17, 15) is 4.79 Å². The second-order valence-electron chi connectivity index (χ2n) is 7.84. The third-order valence-corrected chi connectivity index (χ3v) is 6.84. The predicted molar refractivity (Wildman–Crippen MR) is 122 cm³/mol. The van der Waals surface area contributed by atoms with E-state index in [1.165, 1.54) is 43.9 Å². The minimum atomic E-state index is -0.299. The molecule has 6 heteroatoms. The summed E-state index contributed by atoms with van der Waals surface area (Å²) in [6.45, 7) is 1.95. The van der Waals surface area contributed by atoms with Gasteiger partial charge in [0.25, 0.3) is 0 Å². The number of carbonyl (C=O) groups is 1. The van der Waals surface area contributed by atoms with E-state index < -0.39 is 0 Å². The van der Waals surface area contributed by atoms with Crippen molar-refractivity contribution in [1.82, 2.24) is 14.8 Å². The number of aromatic nitrogens is 3. The van der Waals surface area contributed by atoms with Gasteiger partial charge >= 0.3 is 0 Å². The molecule has 30 heavy (non-hydrogen) atoms. The number of hydrogen-bond donors (Lipinski definition) is 0. The molecule has 0 radical (unpaired) electrons. The molecule has 0 N–H and O–H groups in total. The zero-order valence-corrected chi connectivity index (χ0v) is 18.4. The molecule has 0 aliphatic heterocycles. The van der Waals surface area contributed by atoms with Crippen molar-refractivity contribution >= 4 is 29.0 Å². The average molecular weight is 421 g/mol. The molecular formula is C24H28N4OS. The maximum Gasteiger partial charge on any atom is 0.244 e. The molecule has 0 saturated heterocycles. The van der Waals surface area contributed by atoms with Gasteiger partial charge in [-0.2, -0.15) is 0 Å². The van der Waals surface area contributed by atoms with E-state index in [2.05, 4.69) is 14.8 Å². The fourth-order valence-corrected chi connectivity index (χ4v) is 4.96. The SMILES string of the molecule is C[C@@H](Sc1nnc(C2CCCCC2)n1C)C(=O)N(c1ccccc1)c1ccccc1. The van der Waals surface area contributed by atoms with Crippen LogP contribution in [-0.2, 0) is 11.8 Å². The van der Waals surface area contributed by atoms with Crippen LogP contribution in [0.25, 0.3) is 0 Å². The highest BCUT2D eigenvalue weighted by Crippen LogP contribution is 2.34. The second-order valence-corrected chi connectivity index (χ2v) is 9.15. The summed E-state index contributed by atoms with van der Waals surface area (Å²) in [4.78, 5) is 15.3. The Morgan fingerprint density at radius 1 is 0.967 bits per heavy atom. The van der Waals surface area contributed by atoms with Crippen molar-refractivity contribution in [3.63, 3.8) is 0 Å². The summed E-state index contributed by atoms with van der Waals surface area (Å²) in [6, 6.07) is 19.6. The molecule has 1 saturated carbocycles. The summed E-state index contributed by atoms with van der Waals surface area (Å²) in [5.74, 6) is 1.57. The van der Waals surface area contributed by atoms with Crippen molar-refractivity contribution in [3.8, 4) is 0 Å². The first-order chi connectivity index (χ1) is 14.6. The number of nitrogens with zero attached hydrogens (tertiary/aromatic N) is 4. The summed E-state index contributed by atoms with van der Waals surface area (Å²) >= 11 is 1.48. The summed E-state index contributed by atoms with van der Waals surface area (Å²) < 4.78 is 2.08. The Morgan fingerprint density at radius 3 is 2.10 bits per heavy atom. The molecule has 156 valence electrons. The van der Waals surface area contributed by atoms with Crippen molar-refractivity contribution in [3.05, 3.63) is 66.5 Å². The Balaban J connectivity index is 1.55. The van der Waals surface area contributed by atoms with Crippen LogP contribution in [0.4, 0.5) is 11.4 Å². The van der Waals surface area contributed by atoms with E-state index in [1.54, 1.807) is 4.90 Å². The first kappa shape index (κ1) is 20.7. The minimum Gasteiger partial charge on any atom is -0.309 e. The summed E-state index contributed by atoms with van der Waals surface area (Å²) in [5.41, 5.74) is 1.73. The lowest BCUT2D eigenvalue weighted by molar-refractivity contribution is -0.117. The topological polar surface area (TPSA) is 51.0 Å². The molecule has 4 rings (SSSR count). The molecule has 1 aliphatic carbocycles. The van der Waals surface area contributed by atoms with E-state index >= 15 is 0 Å². The van der Waals surface area contributed by atoms with Crippen LogP contribution in [0.1, 0.15) is 50.8 Å². The largest absolute Gasteiger partial charge is 0.309 e. The van der Waals surface area contributed by atoms with E-state index in [0.29, 0.717) is 5.92 Å². The standard InChI is InChI=1S/C24H28N4OS/c1-18(30-24-26-25-22(27(24)2)19-12-6-3-7-13-19)23(29)28(20-14-8-4-9-15-20)21-16-10-5-11-17-21/h4-5,8-11,14-19H,3,6-7,12-13H2,1-2H3/t18-/m1/s1. The lowest BCUT2D eigenvalue weighted by Gasteiger charge is -2.26. The van der Waals surface area contributed by atoms with Gasteiger partial charge in [0.15, 0.2) is 5.16 Å². The smallest absolute Gasteiger partial charge is 0.244 e. The van der Waals surface area contributed by atoms with Crippen molar-refractivity contribution in [1.29, 1.82) is 0 Å². The van der Waals surface area contributed by atoms with Crippen LogP contribution < -0.4 is 4.90 Å². The van der Waals surface area contributed by atoms with Gasteiger partial charge in [0.05, 0.1) is 5.25 Å². The number of benzene rings is 2. The Labute approximate surface area is 182 Å². The molecule has 3 aromatic rings. The summed E-state index contributed by atoms with van der Waals surface area (Å²) in [5, 5.41) is 9.41. The van der Waals surface area contributed by atoms with Crippen molar-refractivity contribution in [2.24, 2.45) is 7.05 Å². The third kappa shape index (κ3) is 4.43. The molecule has 1 heterocycles. The van der Waals surface area contributed by atoms with Crippen molar-refractivity contribution < 1.29 is 4.79 Å². The Hall–Kier alpha value is -2.60. The average Bonchev–Trinajstić information content (AvgIpc) is 3.16. The van der Waals surface area contributed by atoms with Gasteiger partial charge in [0.1, 0.15) is 5.82 Å². The maximum absolute atomic E-state index is 13.5. The number of hydrogen-bond acceptors (Lipinski definition) is 4. The highest BCUT2D eigenvalue weighted by Gasteiger charge is 2.27. The van der Waals surface area contributed by atoms with E-state index in [0.717, 1.165) is 22.4 Å². The number of carbonyl (C=O) groups excluding carboxylic acids is 1.